The minimum absolute atomic E-state index is 0.586. The average molecular weight is 373 g/mol. The molecule has 2 aromatic rings. The Hall–Kier alpha value is -0.810. The van der Waals surface area contributed by atoms with E-state index in [0.717, 1.165) is 27.1 Å². The molecule has 0 radical (unpaired) electrons. The molecule has 0 spiro atoms. The Kier molecular flexibility index (Phi) is 4.45. The van der Waals surface area contributed by atoms with Gasteiger partial charge < -0.3 is 9.88 Å². The Morgan fingerprint density at radius 1 is 1.28 bits per heavy atom. The van der Waals surface area contributed by atoms with Crippen LogP contribution in [0.15, 0.2) is 39.5 Å². The lowest BCUT2D eigenvalue weighted by Gasteiger charge is -2.13. The Bertz CT molecular complexity index is 515. The number of aromatic nitrogens is 2. The molecule has 1 N–H and O–H groups in total. The Morgan fingerprint density at radius 3 is 2.56 bits per heavy atom. The molecule has 0 saturated heterocycles. The van der Waals surface area contributed by atoms with Gasteiger partial charge in [0.05, 0.1) is 5.69 Å². The first kappa shape index (κ1) is 13.6. The second-order valence-electron chi connectivity index (χ2n) is 4.52. The van der Waals surface area contributed by atoms with Gasteiger partial charge in [0.1, 0.15) is 0 Å². The maximum absolute atomic E-state index is 4.36. The molecular formula is C13H15Br2N3. The molecule has 0 aliphatic carbocycles. The first-order chi connectivity index (χ1) is 8.58. The molecule has 2 rings (SSSR count). The molecule has 5 heteroatoms. The van der Waals surface area contributed by atoms with E-state index in [2.05, 4.69) is 60.6 Å². The fourth-order valence-electron chi connectivity index (χ4n) is 1.70. The van der Waals surface area contributed by atoms with Crippen LogP contribution in [0.5, 0.6) is 0 Å². The summed E-state index contributed by atoms with van der Waals surface area (Å²) in [6, 6.07) is 5.99. The largest absolute Gasteiger partial charge is 0.324 e. The van der Waals surface area contributed by atoms with Crippen molar-refractivity contribution in [3.8, 4) is 0 Å². The van der Waals surface area contributed by atoms with Crippen LogP contribution in [0.3, 0.4) is 0 Å². The van der Waals surface area contributed by atoms with Crippen LogP contribution in [0.25, 0.3) is 0 Å². The lowest BCUT2D eigenvalue weighted by molar-refractivity contribution is 0.527. The standard InChI is InChI=1S/C13H15Br2N3/c1-9(2)8-18-7-6-16-13(18)17-12-10(14)4-3-5-11(12)15/h3-7,9H,8H2,1-2H3,(H,16,17). The number of rotatable bonds is 4. The van der Waals surface area contributed by atoms with Crippen LogP contribution in [0.4, 0.5) is 11.6 Å². The minimum atomic E-state index is 0.586. The molecule has 0 fully saturated rings. The summed E-state index contributed by atoms with van der Waals surface area (Å²) < 4.78 is 4.14. The molecule has 0 bridgehead atoms. The SMILES string of the molecule is CC(C)Cn1ccnc1Nc1c(Br)cccc1Br. The third kappa shape index (κ3) is 3.14. The van der Waals surface area contributed by atoms with Crippen molar-refractivity contribution in [2.45, 2.75) is 20.4 Å². The third-order valence-electron chi connectivity index (χ3n) is 2.48. The van der Waals surface area contributed by atoms with Gasteiger partial charge in [0.25, 0.3) is 0 Å². The van der Waals surface area contributed by atoms with Gasteiger partial charge in [-0.2, -0.15) is 0 Å². The molecule has 96 valence electrons. The lowest BCUT2D eigenvalue weighted by Crippen LogP contribution is -2.07. The van der Waals surface area contributed by atoms with Crippen LogP contribution in [0.2, 0.25) is 0 Å². The van der Waals surface area contributed by atoms with E-state index in [9.17, 15) is 0 Å². The maximum Gasteiger partial charge on any atom is 0.207 e. The second-order valence-corrected chi connectivity index (χ2v) is 6.23. The summed E-state index contributed by atoms with van der Waals surface area (Å²) in [6.07, 6.45) is 3.81. The van der Waals surface area contributed by atoms with Gasteiger partial charge in [-0.25, -0.2) is 4.98 Å². The smallest absolute Gasteiger partial charge is 0.207 e. The van der Waals surface area contributed by atoms with Crippen LogP contribution < -0.4 is 5.32 Å². The summed E-state index contributed by atoms with van der Waals surface area (Å²) in [4.78, 5) is 4.36. The van der Waals surface area contributed by atoms with Crippen molar-refractivity contribution in [3.63, 3.8) is 0 Å². The molecular weight excluding hydrogens is 358 g/mol. The molecule has 1 aromatic heterocycles. The van der Waals surface area contributed by atoms with Gasteiger partial charge in [0.15, 0.2) is 0 Å². The van der Waals surface area contributed by atoms with E-state index in [-0.39, 0.29) is 0 Å². The normalized spacial score (nSPS) is 10.9. The van der Waals surface area contributed by atoms with E-state index in [1.807, 2.05) is 30.6 Å². The topological polar surface area (TPSA) is 29.9 Å². The molecule has 0 unspecified atom stereocenters. The van der Waals surface area contributed by atoms with E-state index < -0.39 is 0 Å². The molecule has 18 heavy (non-hydrogen) atoms. The van der Waals surface area contributed by atoms with Crippen molar-refractivity contribution in [1.29, 1.82) is 0 Å². The Morgan fingerprint density at radius 2 is 1.94 bits per heavy atom. The van der Waals surface area contributed by atoms with Crippen molar-refractivity contribution in [1.82, 2.24) is 9.55 Å². The van der Waals surface area contributed by atoms with Crippen LogP contribution in [-0.2, 0) is 6.54 Å². The number of para-hydroxylation sites is 1. The number of nitrogens with one attached hydrogen (secondary N) is 1. The van der Waals surface area contributed by atoms with E-state index >= 15 is 0 Å². The second kappa shape index (κ2) is 5.89. The summed E-state index contributed by atoms with van der Waals surface area (Å²) >= 11 is 7.08. The zero-order chi connectivity index (χ0) is 13.1. The number of benzene rings is 1. The molecule has 0 aliphatic heterocycles. The van der Waals surface area contributed by atoms with Gasteiger partial charge in [0, 0.05) is 27.9 Å². The monoisotopic (exact) mass is 371 g/mol. The summed E-state index contributed by atoms with van der Waals surface area (Å²) in [7, 11) is 0. The van der Waals surface area contributed by atoms with E-state index in [4.69, 9.17) is 0 Å². The van der Waals surface area contributed by atoms with Crippen molar-refractivity contribution in [2.24, 2.45) is 5.92 Å². The van der Waals surface area contributed by atoms with Gasteiger partial charge in [-0.3, -0.25) is 0 Å². The van der Waals surface area contributed by atoms with Gasteiger partial charge in [-0.15, -0.1) is 0 Å². The molecule has 0 saturated carbocycles. The molecule has 0 aliphatic rings. The number of nitrogens with zero attached hydrogens (tertiary/aromatic N) is 2. The number of hydrogen-bond donors (Lipinski definition) is 1. The third-order valence-corrected chi connectivity index (χ3v) is 3.80. The van der Waals surface area contributed by atoms with E-state index in [0.29, 0.717) is 5.92 Å². The molecule has 1 heterocycles. The zero-order valence-electron chi connectivity index (χ0n) is 10.3. The fourth-order valence-corrected chi connectivity index (χ4v) is 2.90. The van der Waals surface area contributed by atoms with Crippen LogP contribution >= 0.6 is 31.9 Å². The van der Waals surface area contributed by atoms with Crippen molar-refractivity contribution < 1.29 is 0 Å². The number of imidazole rings is 1. The van der Waals surface area contributed by atoms with Gasteiger partial charge in [-0.1, -0.05) is 19.9 Å². The summed E-state index contributed by atoms with van der Waals surface area (Å²) in [5.74, 6) is 1.44. The van der Waals surface area contributed by atoms with Crippen molar-refractivity contribution in [2.75, 3.05) is 5.32 Å². The Balaban J connectivity index is 2.26. The number of hydrogen-bond acceptors (Lipinski definition) is 2. The summed E-state index contributed by atoms with van der Waals surface area (Å²) in [5, 5.41) is 3.35. The van der Waals surface area contributed by atoms with Crippen molar-refractivity contribution >= 4 is 43.5 Å². The summed E-state index contributed by atoms with van der Waals surface area (Å²) in [5.41, 5.74) is 0.994. The van der Waals surface area contributed by atoms with Crippen LogP contribution in [-0.4, -0.2) is 9.55 Å². The average Bonchev–Trinajstić information content (AvgIpc) is 2.70. The van der Waals surface area contributed by atoms with Crippen LogP contribution in [0, 0.1) is 5.92 Å². The maximum atomic E-state index is 4.36. The zero-order valence-corrected chi connectivity index (χ0v) is 13.5. The van der Waals surface area contributed by atoms with Crippen LogP contribution in [0.1, 0.15) is 13.8 Å². The quantitative estimate of drug-likeness (QED) is 0.834. The van der Waals surface area contributed by atoms with E-state index in [1.165, 1.54) is 0 Å². The van der Waals surface area contributed by atoms with Crippen molar-refractivity contribution in [3.05, 3.63) is 39.5 Å². The molecule has 3 nitrogen and oxygen atoms in total. The molecule has 0 atom stereocenters. The van der Waals surface area contributed by atoms with Gasteiger partial charge in [-0.05, 0) is 49.9 Å². The highest BCUT2D eigenvalue weighted by molar-refractivity contribution is 9.11. The first-order valence-electron chi connectivity index (χ1n) is 5.80. The summed E-state index contributed by atoms with van der Waals surface area (Å²) in [6.45, 7) is 5.33. The Labute approximate surface area is 124 Å². The highest BCUT2D eigenvalue weighted by Gasteiger charge is 2.09. The minimum Gasteiger partial charge on any atom is -0.324 e. The molecule has 1 aromatic carbocycles. The first-order valence-corrected chi connectivity index (χ1v) is 7.38. The predicted molar refractivity (Wildman–Crippen MR) is 82.2 cm³/mol. The highest BCUT2D eigenvalue weighted by Crippen LogP contribution is 2.32. The highest BCUT2D eigenvalue weighted by atomic mass is 79.9. The fraction of sp³-hybridized carbons (Fsp3) is 0.308. The molecule has 0 amide bonds. The predicted octanol–water partition coefficient (Wildman–Crippen LogP) is 4.81. The van der Waals surface area contributed by atoms with E-state index in [1.54, 1.807) is 0 Å². The van der Waals surface area contributed by atoms with Gasteiger partial charge in [0.2, 0.25) is 5.95 Å². The van der Waals surface area contributed by atoms with Gasteiger partial charge >= 0.3 is 0 Å². The number of anilines is 2. The number of halogens is 2. The lowest BCUT2D eigenvalue weighted by atomic mass is 10.2.